The van der Waals surface area contributed by atoms with Gasteiger partial charge < -0.3 is 9.84 Å². The van der Waals surface area contributed by atoms with E-state index in [4.69, 9.17) is 21.4 Å². The molecule has 1 aromatic heterocycles. The second-order valence-corrected chi connectivity index (χ2v) is 5.63. The minimum absolute atomic E-state index is 0.254. The van der Waals surface area contributed by atoms with Gasteiger partial charge in [-0.3, -0.25) is 9.58 Å². The highest BCUT2D eigenvalue weighted by Gasteiger charge is 2.40. The summed E-state index contributed by atoms with van der Waals surface area (Å²) in [6, 6.07) is 0. The van der Waals surface area contributed by atoms with Gasteiger partial charge in [0.15, 0.2) is 0 Å². The van der Waals surface area contributed by atoms with Gasteiger partial charge in [0, 0.05) is 26.7 Å². The Labute approximate surface area is 116 Å². The van der Waals surface area contributed by atoms with Crippen LogP contribution in [-0.2, 0) is 23.1 Å². The number of carboxylic acid groups (broad SMARTS) is 1. The zero-order chi connectivity index (χ0) is 14.2. The number of rotatable bonds is 5. The number of aromatic nitrogens is 2. The van der Waals surface area contributed by atoms with Crippen molar-refractivity contribution in [3.8, 4) is 0 Å². The Hall–Kier alpha value is -1.11. The quantitative estimate of drug-likeness (QED) is 0.877. The fraction of sp³-hybridized carbons (Fsp3) is 0.667. The van der Waals surface area contributed by atoms with E-state index in [1.165, 1.54) is 0 Å². The molecule has 7 heteroatoms. The third-order valence-electron chi connectivity index (χ3n) is 3.30. The van der Waals surface area contributed by atoms with Gasteiger partial charge in [-0.25, -0.2) is 4.79 Å². The van der Waals surface area contributed by atoms with Crippen molar-refractivity contribution >= 4 is 17.6 Å². The molecule has 6 nitrogen and oxygen atoms in total. The van der Waals surface area contributed by atoms with Gasteiger partial charge >= 0.3 is 5.97 Å². The SMILES string of the molecule is Cc1nn(C)c(CN2CC(C)(OCC(=O)O)C2)c1Cl. The number of halogens is 1. The first-order valence-electron chi connectivity index (χ1n) is 6.07. The van der Waals surface area contributed by atoms with Gasteiger partial charge in [0.25, 0.3) is 0 Å². The van der Waals surface area contributed by atoms with E-state index >= 15 is 0 Å². The minimum atomic E-state index is -0.940. The fourth-order valence-electron chi connectivity index (χ4n) is 2.40. The number of hydrogen-bond acceptors (Lipinski definition) is 4. The molecule has 0 spiro atoms. The molecule has 1 saturated heterocycles. The monoisotopic (exact) mass is 287 g/mol. The highest BCUT2D eigenvalue weighted by molar-refractivity contribution is 6.31. The molecule has 0 atom stereocenters. The molecule has 0 bridgehead atoms. The lowest BCUT2D eigenvalue weighted by molar-refractivity contribution is -0.166. The second kappa shape index (κ2) is 5.11. The van der Waals surface area contributed by atoms with E-state index in [-0.39, 0.29) is 12.2 Å². The van der Waals surface area contributed by atoms with Gasteiger partial charge in [-0.1, -0.05) is 11.6 Å². The summed E-state index contributed by atoms with van der Waals surface area (Å²) in [5, 5.41) is 13.6. The van der Waals surface area contributed by atoms with Crippen molar-refractivity contribution < 1.29 is 14.6 Å². The van der Waals surface area contributed by atoms with Gasteiger partial charge in [-0.2, -0.15) is 5.10 Å². The molecule has 106 valence electrons. The highest BCUT2D eigenvalue weighted by atomic mass is 35.5. The van der Waals surface area contributed by atoms with Crippen LogP contribution in [0.1, 0.15) is 18.3 Å². The normalized spacial score (nSPS) is 18.3. The van der Waals surface area contributed by atoms with E-state index in [1.807, 2.05) is 20.9 Å². The molecule has 2 rings (SSSR count). The van der Waals surface area contributed by atoms with Gasteiger partial charge in [-0.05, 0) is 13.8 Å². The van der Waals surface area contributed by atoms with E-state index in [2.05, 4.69) is 10.00 Å². The van der Waals surface area contributed by atoms with E-state index in [0.29, 0.717) is 24.7 Å². The van der Waals surface area contributed by atoms with Crippen molar-refractivity contribution in [1.29, 1.82) is 0 Å². The molecule has 0 saturated carbocycles. The molecular formula is C12H18ClN3O3. The van der Waals surface area contributed by atoms with Crippen LogP contribution in [0.25, 0.3) is 0 Å². The number of nitrogens with zero attached hydrogens (tertiary/aromatic N) is 3. The van der Waals surface area contributed by atoms with Crippen LogP contribution >= 0.6 is 11.6 Å². The van der Waals surface area contributed by atoms with Crippen LogP contribution < -0.4 is 0 Å². The summed E-state index contributed by atoms with van der Waals surface area (Å²) in [5.74, 6) is -0.940. The maximum absolute atomic E-state index is 10.5. The zero-order valence-corrected chi connectivity index (χ0v) is 12.1. The van der Waals surface area contributed by atoms with Crippen molar-refractivity contribution in [3.05, 3.63) is 16.4 Å². The van der Waals surface area contributed by atoms with Crippen LogP contribution in [0.15, 0.2) is 0 Å². The van der Waals surface area contributed by atoms with Gasteiger partial charge in [0.2, 0.25) is 0 Å². The first-order chi connectivity index (χ1) is 8.81. The van der Waals surface area contributed by atoms with E-state index in [0.717, 1.165) is 11.4 Å². The van der Waals surface area contributed by atoms with Gasteiger partial charge in [0.1, 0.15) is 6.61 Å². The number of ether oxygens (including phenoxy) is 1. The van der Waals surface area contributed by atoms with E-state index in [1.54, 1.807) is 4.68 Å². The number of carboxylic acids is 1. The molecule has 1 aliphatic rings. The Balaban J connectivity index is 1.89. The first kappa shape index (κ1) is 14.3. The second-order valence-electron chi connectivity index (χ2n) is 5.25. The third-order valence-corrected chi connectivity index (χ3v) is 3.79. The average molecular weight is 288 g/mol. The highest BCUT2D eigenvalue weighted by Crippen LogP contribution is 2.28. The predicted molar refractivity (Wildman–Crippen MR) is 70.2 cm³/mol. The van der Waals surface area contributed by atoms with E-state index < -0.39 is 5.97 Å². The standard InChI is InChI=1S/C12H18ClN3O3/c1-8-11(13)9(15(3)14-8)4-16-6-12(2,7-16)19-5-10(17)18/h4-7H2,1-3H3,(H,17,18). The number of aliphatic carboxylic acids is 1. The summed E-state index contributed by atoms with van der Waals surface area (Å²) < 4.78 is 7.15. The minimum Gasteiger partial charge on any atom is -0.480 e. The maximum Gasteiger partial charge on any atom is 0.329 e. The summed E-state index contributed by atoms with van der Waals surface area (Å²) in [4.78, 5) is 12.6. The lowest BCUT2D eigenvalue weighted by atomic mass is 9.96. The molecule has 0 unspecified atom stereocenters. The lowest BCUT2D eigenvalue weighted by Crippen LogP contribution is -2.61. The summed E-state index contributed by atoms with van der Waals surface area (Å²) >= 11 is 6.19. The average Bonchev–Trinajstić information content (AvgIpc) is 2.51. The third kappa shape index (κ3) is 3.08. The molecular weight excluding hydrogens is 270 g/mol. The Morgan fingerprint density at radius 2 is 2.21 bits per heavy atom. The molecule has 1 aliphatic heterocycles. The summed E-state index contributed by atoms with van der Waals surface area (Å²) in [7, 11) is 1.87. The Bertz CT molecular complexity index is 495. The molecule has 0 aromatic carbocycles. The fourth-order valence-corrected chi connectivity index (χ4v) is 2.62. The molecule has 1 N–H and O–H groups in total. The van der Waals surface area contributed by atoms with Crippen molar-refractivity contribution in [2.24, 2.45) is 7.05 Å². The lowest BCUT2D eigenvalue weighted by Gasteiger charge is -2.47. The summed E-state index contributed by atoms with van der Waals surface area (Å²) in [6.07, 6.45) is 0. The molecule has 0 aliphatic carbocycles. The molecule has 0 amide bonds. The van der Waals surface area contributed by atoms with Gasteiger partial charge in [0.05, 0.1) is 22.0 Å². The Kier molecular flexibility index (Phi) is 3.85. The smallest absolute Gasteiger partial charge is 0.329 e. The Morgan fingerprint density at radius 3 is 2.68 bits per heavy atom. The van der Waals surface area contributed by atoms with Crippen molar-refractivity contribution in [1.82, 2.24) is 14.7 Å². The largest absolute Gasteiger partial charge is 0.480 e. The maximum atomic E-state index is 10.5. The summed E-state index contributed by atoms with van der Waals surface area (Å²) in [5.41, 5.74) is 1.42. The van der Waals surface area contributed by atoms with Crippen molar-refractivity contribution in [2.75, 3.05) is 19.7 Å². The van der Waals surface area contributed by atoms with Crippen LogP contribution in [0.3, 0.4) is 0 Å². The van der Waals surface area contributed by atoms with E-state index in [9.17, 15) is 4.79 Å². The summed E-state index contributed by atoms with van der Waals surface area (Å²) in [6.45, 7) is 5.63. The first-order valence-corrected chi connectivity index (χ1v) is 6.44. The van der Waals surface area contributed by atoms with Crippen LogP contribution in [0.2, 0.25) is 5.02 Å². The van der Waals surface area contributed by atoms with Crippen molar-refractivity contribution in [3.63, 3.8) is 0 Å². The van der Waals surface area contributed by atoms with Crippen LogP contribution in [0.4, 0.5) is 0 Å². The molecule has 1 fully saturated rings. The molecule has 0 radical (unpaired) electrons. The van der Waals surface area contributed by atoms with Crippen molar-refractivity contribution in [2.45, 2.75) is 26.0 Å². The molecule has 2 heterocycles. The number of likely N-dealkylation sites (tertiary alicyclic amines) is 1. The topological polar surface area (TPSA) is 67.6 Å². The number of carbonyl (C=O) groups is 1. The number of hydrogen-bond donors (Lipinski definition) is 1. The van der Waals surface area contributed by atoms with Crippen LogP contribution in [0.5, 0.6) is 0 Å². The van der Waals surface area contributed by atoms with Gasteiger partial charge in [-0.15, -0.1) is 0 Å². The van der Waals surface area contributed by atoms with Crippen LogP contribution in [0, 0.1) is 6.92 Å². The Morgan fingerprint density at radius 1 is 1.58 bits per heavy atom. The predicted octanol–water partition coefficient (Wildman–Crippen LogP) is 1.06. The molecule has 19 heavy (non-hydrogen) atoms. The van der Waals surface area contributed by atoms with Crippen LogP contribution in [-0.4, -0.2) is 51.1 Å². The molecule has 1 aromatic rings. The zero-order valence-electron chi connectivity index (χ0n) is 11.3. The number of aryl methyl sites for hydroxylation is 2.